The average Bonchev–Trinajstić information content (AvgIpc) is 2.69. The van der Waals surface area contributed by atoms with Gasteiger partial charge in [-0.1, -0.05) is 18.2 Å². The molecule has 0 fully saturated rings. The standard InChI is InChI=1S/C15H16N4O3.2CH5N/c1-17-15(22)11(8-12(16)20)19-14(21)10-6-2-4-9-5-3-7-18-13(9)10;2*1-2/h2-7,11H,8H2,1H3,(H2,16,20)(H,17,22)(H,19,21);2*2H2,1H3/t11-;;/m0../s1. The van der Waals surface area contributed by atoms with Gasteiger partial charge < -0.3 is 27.8 Å². The number of fused-ring (bicyclic) bond motifs is 1. The Morgan fingerprint density at radius 3 is 2.27 bits per heavy atom. The molecule has 1 heterocycles. The third-order valence-electron chi connectivity index (χ3n) is 3.15. The Kier molecular flexibility index (Phi) is 10.9. The molecule has 9 nitrogen and oxygen atoms in total. The summed E-state index contributed by atoms with van der Waals surface area (Å²) in [6, 6.07) is 7.74. The summed E-state index contributed by atoms with van der Waals surface area (Å²) in [4.78, 5) is 39.3. The largest absolute Gasteiger partial charge is 0.370 e. The van der Waals surface area contributed by atoms with Gasteiger partial charge in [-0.05, 0) is 26.2 Å². The van der Waals surface area contributed by atoms with Crippen molar-refractivity contribution in [2.45, 2.75) is 12.5 Å². The van der Waals surface area contributed by atoms with Crippen molar-refractivity contribution >= 4 is 28.6 Å². The molecule has 3 amide bonds. The lowest BCUT2D eigenvalue weighted by Crippen LogP contribution is -2.47. The summed E-state index contributed by atoms with van der Waals surface area (Å²) in [6.45, 7) is 0. The monoisotopic (exact) mass is 362 g/mol. The minimum atomic E-state index is -1.02. The fourth-order valence-electron chi connectivity index (χ4n) is 2.11. The predicted molar refractivity (Wildman–Crippen MR) is 101 cm³/mol. The summed E-state index contributed by atoms with van der Waals surface area (Å²) >= 11 is 0. The summed E-state index contributed by atoms with van der Waals surface area (Å²) in [5, 5.41) is 5.71. The third-order valence-corrected chi connectivity index (χ3v) is 3.15. The zero-order valence-electron chi connectivity index (χ0n) is 15.2. The van der Waals surface area contributed by atoms with Gasteiger partial charge in [-0.25, -0.2) is 0 Å². The number of carbonyl (C=O) groups excluding carboxylic acids is 3. The van der Waals surface area contributed by atoms with Crippen molar-refractivity contribution in [3.8, 4) is 0 Å². The number of likely N-dealkylation sites (N-methyl/N-ethyl adjacent to an activating group) is 1. The van der Waals surface area contributed by atoms with E-state index < -0.39 is 23.8 Å². The van der Waals surface area contributed by atoms with Crippen LogP contribution >= 0.6 is 0 Å². The zero-order valence-corrected chi connectivity index (χ0v) is 15.2. The van der Waals surface area contributed by atoms with Gasteiger partial charge in [0.05, 0.1) is 17.5 Å². The number of para-hydroxylation sites is 1. The molecule has 142 valence electrons. The number of rotatable bonds is 5. The van der Waals surface area contributed by atoms with Crippen LogP contribution < -0.4 is 27.8 Å². The molecule has 1 aromatic heterocycles. The molecule has 26 heavy (non-hydrogen) atoms. The van der Waals surface area contributed by atoms with E-state index in [4.69, 9.17) is 5.73 Å². The lowest BCUT2D eigenvalue weighted by Gasteiger charge is -2.16. The normalized spacial score (nSPS) is 10.3. The van der Waals surface area contributed by atoms with Crippen LogP contribution in [0.15, 0.2) is 36.5 Å². The van der Waals surface area contributed by atoms with E-state index >= 15 is 0 Å². The molecule has 0 spiro atoms. The van der Waals surface area contributed by atoms with Gasteiger partial charge in [-0.15, -0.1) is 0 Å². The van der Waals surface area contributed by atoms with E-state index in [0.717, 1.165) is 5.39 Å². The molecular formula is C17H26N6O3. The first-order valence-electron chi connectivity index (χ1n) is 7.83. The van der Waals surface area contributed by atoms with Crippen molar-refractivity contribution in [1.29, 1.82) is 0 Å². The van der Waals surface area contributed by atoms with Gasteiger partial charge in [-0.3, -0.25) is 19.4 Å². The molecule has 0 saturated heterocycles. The van der Waals surface area contributed by atoms with Gasteiger partial charge in [0, 0.05) is 18.6 Å². The minimum Gasteiger partial charge on any atom is -0.370 e. The second-order valence-electron chi connectivity index (χ2n) is 4.69. The number of amides is 3. The second kappa shape index (κ2) is 12.3. The van der Waals surface area contributed by atoms with Crippen molar-refractivity contribution in [1.82, 2.24) is 15.6 Å². The maximum atomic E-state index is 12.4. The van der Waals surface area contributed by atoms with Crippen LogP contribution in [-0.2, 0) is 9.59 Å². The van der Waals surface area contributed by atoms with Crippen LogP contribution in [0.3, 0.4) is 0 Å². The topological polar surface area (TPSA) is 166 Å². The van der Waals surface area contributed by atoms with E-state index in [1.165, 1.54) is 21.1 Å². The Morgan fingerprint density at radius 1 is 1.08 bits per heavy atom. The Balaban J connectivity index is 0.00000146. The van der Waals surface area contributed by atoms with Gasteiger partial charge in [0.1, 0.15) is 6.04 Å². The van der Waals surface area contributed by atoms with Crippen molar-refractivity contribution in [2.75, 3.05) is 21.1 Å². The number of primary amides is 1. The average molecular weight is 362 g/mol. The first-order valence-corrected chi connectivity index (χ1v) is 7.83. The van der Waals surface area contributed by atoms with Crippen molar-refractivity contribution in [3.63, 3.8) is 0 Å². The van der Waals surface area contributed by atoms with Crippen LogP contribution in [0, 0.1) is 0 Å². The number of nitrogens with two attached hydrogens (primary N) is 3. The number of nitrogens with zero attached hydrogens (tertiary/aromatic N) is 1. The molecule has 0 radical (unpaired) electrons. The number of pyridine rings is 1. The van der Waals surface area contributed by atoms with Crippen molar-refractivity contribution in [2.24, 2.45) is 17.2 Å². The number of hydrogen-bond donors (Lipinski definition) is 5. The molecule has 9 heteroatoms. The molecule has 1 aromatic carbocycles. The molecular weight excluding hydrogens is 336 g/mol. The van der Waals surface area contributed by atoms with Crippen LogP contribution in [0.4, 0.5) is 0 Å². The molecule has 0 aliphatic heterocycles. The van der Waals surface area contributed by atoms with Gasteiger partial charge in [0.25, 0.3) is 5.91 Å². The van der Waals surface area contributed by atoms with E-state index in [9.17, 15) is 14.4 Å². The van der Waals surface area contributed by atoms with Crippen molar-refractivity contribution in [3.05, 3.63) is 42.1 Å². The summed E-state index contributed by atoms with van der Waals surface area (Å²) in [5.41, 5.74) is 15.0. The molecule has 0 saturated carbocycles. The van der Waals surface area contributed by atoms with Crippen LogP contribution in [0.5, 0.6) is 0 Å². The Hall–Kier alpha value is -3.04. The SMILES string of the molecule is CN.CN.CNC(=O)[C@H](CC(N)=O)NC(=O)c1cccc2cccnc12. The first kappa shape index (κ1) is 23.0. The summed E-state index contributed by atoms with van der Waals surface area (Å²) < 4.78 is 0. The summed E-state index contributed by atoms with van der Waals surface area (Å²) in [6.07, 6.45) is 1.31. The van der Waals surface area contributed by atoms with E-state index in [1.807, 2.05) is 12.1 Å². The fraction of sp³-hybridized carbons (Fsp3) is 0.294. The highest BCUT2D eigenvalue weighted by molar-refractivity contribution is 6.07. The predicted octanol–water partition coefficient (Wildman–Crippen LogP) is -0.896. The molecule has 0 bridgehead atoms. The molecule has 1 atom stereocenters. The lowest BCUT2D eigenvalue weighted by molar-refractivity contribution is -0.126. The smallest absolute Gasteiger partial charge is 0.254 e. The number of benzene rings is 1. The summed E-state index contributed by atoms with van der Waals surface area (Å²) in [5.74, 6) is -1.65. The summed E-state index contributed by atoms with van der Waals surface area (Å²) in [7, 11) is 4.42. The van der Waals surface area contributed by atoms with Crippen LogP contribution in [0.25, 0.3) is 10.9 Å². The number of hydrogen-bond acceptors (Lipinski definition) is 6. The van der Waals surface area contributed by atoms with E-state index in [1.54, 1.807) is 24.4 Å². The fourth-order valence-corrected chi connectivity index (χ4v) is 2.11. The van der Waals surface area contributed by atoms with Gasteiger partial charge in [-0.2, -0.15) is 0 Å². The number of carbonyl (C=O) groups is 3. The van der Waals surface area contributed by atoms with E-state index in [2.05, 4.69) is 27.1 Å². The highest BCUT2D eigenvalue weighted by atomic mass is 16.2. The Morgan fingerprint density at radius 2 is 1.69 bits per heavy atom. The van der Waals surface area contributed by atoms with Crippen molar-refractivity contribution < 1.29 is 14.4 Å². The highest BCUT2D eigenvalue weighted by Gasteiger charge is 2.23. The Bertz CT molecular complexity index is 730. The van der Waals surface area contributed by atoms with Gasteiger partial charge >= 0.3 is 0 Å². The first-order chi connectivity index (χ1) is 12.5. The lowest BCUT2D eigenvalue weighted by atomic mass is 10.1. The minimum absolute atomic E-state index is 0.274. The molecule has 2 rings (SSSR count). The maximum absolute atomic E-state index is 12.4. The van der Waals surface area contributed by atoms with E-state index in [0.29, 0.717) is 11.1 Å². The molecule has 2 aromatic rings. The molecule has 0 aliphatic rings. The molecule has 0 aliphatic carbocycles. The van der Waals surface area contributed by atoms with Crippen LogP contribution in [0.1, 0.15) is 16.8 Å². The quantitative estimate of drug-likeness (QED) is 0.462. The zero-order chi connectivity index (χ0) is 20.1. The van der Waals surface area contributed by atoms with Crippen LogP contribution in [-0.4, -0.2) is 49.9 Å². The third kappa shape index (κ3) is 6.46. The van der Waals surface area contributed by atoms with Gasteiger partial charge in [0.2, 0.25) is 11.8 Å². The number of aromatic nitrogens is 1. The molecule has 0 unspecified atom stereocenters. The van der Waals surface area contributed by atoms with E-state index in [-0.39, 0.29) is 6.42 Å². The maximum Gasteiger partial charge on any atom is 0.254 e. The second-order valence-corrected chi connectivity index (χ2v) is 4.69. The Labute approximate surface area is 152 Å². The van der Waals surface area contributed by atoms with Crippen LogP contribution in [0.2, 0.25) is 0 Å². The number of nitrogens with one attached hydrogen (secondary N) is 2. The van der Waals surface area contributed by atoms with Gasteiger partial charge in [0.15, 0.2) is 0 Å². The molecule has 8 N–H and O–H groups in total. The highest BCUT2D eigenvalue weighted by Crippen LogP contribution is 2.16.